The summed E-state index contributed by atoms with van der Waals surface area (Å²) in [5.74, 6) is 0.953. The molecule has 3 nitrogen and oxygen atoms in total. The molecule has 0 aliphatic carbocycles. The zero-order chi connectivity index (χ0) is 19.1. The summed E-state index contributed by atoms with van der Waals surface area (Å²) in [5, 5.41) is 0. The molecule has 136 valence electrons. The van der Waals surface area contributed by atoms with Crippen molar-refractivity contribution in [2.24, 2.45) is 0 Å². The number of imidazole rings is 1. The van der Waals surface area contributed by atoms with Crippen LogP contribution in [-0.2, 0) is 0 Å². The second-order valence-electron chi connectivity index (χ2n) is 6.98. The molecular formula is C24H19N3S. The molecule has 4 heteroatoms. The summed E-state index contributed by atoms with van der Waals surface area (Å²) in [4.78, 5) is 9.04. The highest BCUT2D eigenvalue weighted by Gasteiger charge is 2.14. The average Bonchev–Trinajstić information content (AvgIpc) is 3.37. The lowest BCUT2D eigenvalue weighted by atomic mass is 9.98. The Kier molecular flexibility index (Phi) is 4.06. The van der Waals surface area contributed by atoms with Crippen LogP contribution in [0.2, 0.25) is 0 Å². The lowest BCUT2D eigenvalue weighted by molar-refractivity contribution is 1.03. The van der Waals surface area contributed by atoms with Crippen LogP contribution in [0.3, 0.4) is 0 Å². The molecule has 0 bridgehead atoms. The first-order chi connectivity index (χ1) is 13.7. The second kappa shape index (κ2) is 6.73. The van der Waals surface area contributed by atoms with E-state index in [9.17, 15) is 0 Å². The summed E-state index contributed by atoms with van der Waals surface area (Å²) in [7, 11) is 0. The van der Waals surface area contributed by atoms with Crippen molar-refractivity contribution >= 4 is 21.6 Å². The second-order valence-corrected chi connectivity index (χ2v) is 7.87. The summed E-state index contributed by atoms with van der Waals surface area (Å²) in [6.45, 7) is 4.34. The third-order valence-electron chi connectivity index (χ3n) is 5.07. The summed E-state index contributed by atoms with van der Waals surface area (Å²) < 4.78 is 3.38. The van der Waals surface area contributed by atoms with E-state index < -0.39 is 0 Å². The number of aromatic nitrogens is 3. The van der Waals surface area contributed by atoms with E-state index in [1.165, 1.54) is 32.6 Å². The fourth-order valence-electron chi connectivity index (χ4n) is 3.82. The van der Waals surface area contributed by atoms with Crippen LogP contribution in [0.25, 0.3) is 38.4 Å². The minimum absolute atomic E-state index is 0.953. The lowest BCUT2D eigenvalue weighted by Gasteiger charge is -2.16. The summed E-state index contributed by atoms with van der Waals surface area (Å²) in [6, 6.07) is 21.4. The largest absolute Gasteiger partial charge is 0.299 e. The molecular weight excluding hydrogens is 362 g/mol. The van der Waals surface area contributed by atoms with Gasteiger partial charge in [0.1, 0.15) is 5.82 Å². The first-order valence-electron chi connectivity index (χ1n) is 9.25. The van der Waals surface area contributed by atoms with Gasteiger partial charge < -0.3 is 0 Å². The number of nitrogens with zero attached hydrogens (tertiary/aromatic N) is 3. The van der Waals surface area contributed by atoms with Gasteiger partial charge in [0.2, 0.25) is 0 Å². The summed E-state index contributed by atoms with van der Waals surface area (Å²) in [6.07, 6.45) is 3.92. The van der Waals surface area contributed by atoms with Gasteiger partial charge in [0, 0.05) is 18.0 Å². The highest BCUT2D eigenvalue weighted by molar-refractivity contribution is 7.16. The van der Waals surface area contributed by atoms with Crippen LogP contribution in [-0.4, -0.2) is 14.5 Å². The Hall–Kier alpha value is -3.24. The van der Waals surface area contributed by atoms with E-state index in [1.807, 2.05) is 17.9 Å². The first kappa shape index (κ1) is 16.9. The van der Waals surface area contributed by atoms with E-state index in [-0.39, 0.29) is 0 Å². The van der Waals surface area contributed by atoms with Crippen LogP contribution < -0.4 is 0 Å². The van der Waals surface area contributed by atoms with E-state index in [4.69, 9.17) is 0 Å². The Morgan fingerprint density at radius 2 is 1.57 bits per heavy atom. The van der Waals surface area contributed by atoms with E-state index in [0.29, 0.717) is 0 Å². The van der Waals surface area contributed by atoms with Gasteiger partial charge in [-0.2, -0.15) is 0 Å². The number of hydrogen-bond acceptors (Lipinski definition) is 3. The van der Waals surface area contributed by atoms with Gasteiger partial charge in [-0.15, -0.1) is 11.3 Å². The molecule has 0 fully saturated rings. The van der Waals surface area contributed by atoms with Gasteiger partial charge in [-0.3, -0.25) is 4.57 Å². The summed E-state index contributed by atoms with van der Waals surface area (Å²) >= 11 is 1.66. The van der Waals surface area contributed by atoms with Gasteiger partial charge in [0.25, 0.3) is 0 Å². The van der Waals surface area contributed by atoms with Crippen molar-refractivity contribution in [3.05, 3.63) is 89.7 Å². The molecule has 0 N–H and O–H groups in total. The minimum Gasteiger partial charge on any atom is -0.299 e. The van der Waals surface area contributed by atoms with Crippen molar-refractivity contribution in [1.82, 2.24) is 14.5 Å². The molecule has 0 saturated heterocycles. The van der Waals surface area contributed by atoms with Crippen LogP contribution in [0.5, 0.6) is 0 Å². The van der Waals surface area contributed by atoms with Crippen molar-refractivity contribution < 1.29 is 0 Å². The fourth-order valence-corrected chi connectivity index (χ4v) is 4.54. The predicted molar refractivity (Wildman–Crippen MR) is 117 cm³/mol. The Balaban J connectivity index is 1.64. The minimum atomic E-state index is 0.953. The van der Waals surface area contributed by atoms with Crippen molar-refractivity contribution in [3.63, 3.8) is 0 Å². The Bertz CT molecular complexity index is 1260. The standard InChI is InChI=1S/C24H19N3S/c1-16-12-20(18-6-4-3-5-7-18)13-17(2)23(16)27-11-10-25-24(27)19-8-9-21-22(14-19)28-15-26-21/h3-15H,1-2H3. The van der Waals surface area contributed by atoms with Crippen molar-refractivity contribution in [3.8, 4) is 28.2 Å². The van der Waals surface area contributed by atoms with Gasteiger partial charge >= 0.3 is 0 Å². The molecule has 0 spiro atoms. The van der Waals surface area contributed by atoms with Crippen LogP contribution in [0, 0.1) is 13.8 Å². The Morgan fingerprint density at radius 1 is 0.786 bits per heavy atom. The van der Waals surface area contributed by atoms with Gasteiger partial charge in [0.15, 0.2) is 0 Å². The van der Waals surface area contributed by atoms with Crippen LogP contribution in [0.4, 0.5) is 0 Å². The van der Waals surface area contributed by atoms with Crippen LogP contribution in [0.15, 0.2) is 78.6 Å². The van der Waals surface area contributed by atoms with Crippen molar-refractivity contribution in [1.29, 1.82) is 0 Å². The fraction of sp³-hybridized carbons (Fsp3) is 0.0833. The molecule has 0 aliphatic heterocycles. The number of hydrogen-bond donors (Lipinski definition) is 0. The number of thiazole rings is 1. The SMILES string of the molecule is Cc1cc(-c2ccccc2)cc(C)c1-n1ccnc1-c1ccc2ncsc2c1. The van der Waals surface area contributed by atoms with Gasteiger partial charge in [-0.05, 0) is 66.4 Å². The molecule has 5 aromatic rings. The van der Waals surface area contributed by atoms with Crippen molar-refractivity contribution in [2.75, 3.05) is 0 Å². The van der Waals surface area contributed by atoms with Gasteiger partial charge in [-0.1, -0.05) is 30.3 Å². The average molecular weight is 382 g/mol. The van der Waals surface area contributed by atoms with E-state index >= 15 is 0 Å². The number of aryl methyl sites for hydroxylation is 2. The Morgan fingerprint density at radius 3 is 2.36 bits per heavy atom. The van der Waals surface area contributed by atoms with Gasteiger partial charge in [0.05, 0.1) is 21.4 Å². The molecule has 0 saturated carbocycles. The van der Waals surface area contributed by atoms with E-state index in [0.717, 1.165) is 16.9 Å². The maximum Gasteiger partial charge on any atom is 0.144 e. The molecule has 3 aromatic carbocycles. The zero-order valence-corrected chi connectivity index (χ0v) is 16.6. The molecule has 0 aliphatic rings. The molecule has 2 heterocycles. The van der Waals surface area contributed by atoms with Gasteiger partial charge in [-0.25, -0.2) is 9.97 Å². The van der Waals surface area contributed by atoms with Crippen LogP contribution in [0.1, 0.15) is 11.1 Å². The molecule has 5 rings (SSSR count). The number of rotatable bonds is 3. The normalized spacial score (nSPS) is 11.2. The quantitative estimate of drug-likeness (QED) is 0.360. The monoisotopic (exact) mass is 381 g/mol. The maximum atomic E-state index is 4.66. The summed E-state index contributed by atoms with van der Waals surface area (Å²) in [5.41, 5.74) is 10.2. The first-order valence-corrected chi connectivity index (χ1v) is 10.1. The topological polar surface area (TPSA) is 30.7 Å². The third-order valence-corrected chi connectivity index (χ3v) is 5.86. The molecule has 0 amide bonds. The van der Waals surface area contributed by atoms with E-state index in [1.54, 1.807) is 11.3 Å². The maximum absolute atomic E-state index is 4.66. The molecule has 28 heavy (non-hydrogen) atoms. The number of benzene rings is 3. The smallest absolute Gasteiger partial charge is 0.144 e. The Labute approximate surface area is 168 Å². The zero-order valence-electron chi connectivity index (χ0n) is 15.8. The predicted octanol–water partition coefficient (Wildman–Crippen LogP) is 6.43. The highest BCUT2D eigenvalue weighted by Crippen LogP contribution is 2.32. The third kappa shape index (κ3) is 2.83. The van der Waals surface area contributed by atoms with E-state index in [2.05, 4.69) is 89.0 Å². The molecule has 0 unspecified atom stereocenters. The van der Waals surface area contributed by atoms with Crippen LogP contribution >= 0.6 is 11.3 Å². The molecule has 0 radical (unpaired) electrons. The lowest BCUT2D eigenvalue weighted by Crippen LogP contribution is -2.02. The number of fused-ring (bicyclic) bond motifs is 1. The molecule has 2 aromatic heterocycles. The highest BCUT2D eigenvalue weighted by atomic mass is 32.1. The van der Waals surface area contributed by atoms with Crippen molar-refractivity contribution in [2.45, 2.75) is 13.8 Å². The molecule has 0 atom stereocenters.